The summed E-state index contributed by atoms with van der Waals surface area (Å²) >= 11 is 8.64. The minimum Gasteiger partial charge on any atom is -0.504 e. The number of halogens is 2. The molecule has 0 saturated heterocycles. The van der Waals surface area contributed by atoms with Gasteiger partial charge in [-0.25, -0.2) is 0 Å². The van der Waals surface area contributed by atoms with E-state index in [0.29, 0.717) is 4.47 Å². The second-order valence-corrected chi connectivity index (χ2v) is 4.44. The molecule has 16 heavy (non-hydrogen) atoms. The molecule has 4 nitrogen and oxygen atoms in total. The molecule has 0 saturated carbocycles. The van der Waals surface area contributed by atoms with E-state index >= 15 is 0 Å². The lowest BCUT2D eigenvalue weighted by atomic mass is 10.0. The number of aromatic hydroxyl groups is 1. The highest BCUT2D eigenvalue weighted by molar-refractivity contribution is 9.10. The van der Waals surface area contributed by atoms with Gasteiger partial charge in [0, 0.05) is 10.0 Å². The largest absolute Gasteiger partial charge is 0.504 e. The summed E-state index contributed by atoms with van der Waals surface area (Å²) in [6.45, 7) is 0. The smallest absolute Gasteiger partial charge is 0.163 e. The first-order valence-electron chi connectivity index (χ1n) is 4.49. The molecule has 3 N–H and O–H groups in total. The maximum absolute atomic E-state index is 9.77. The van der Waals surface area contributed by atoms with Crippen LogP contribution in [0.2, 0.25) is 0 Å². The third-order valence-corrected chi connectivity index (χ3v) is 2.90. The van der Waals surface area contributed by atoms with Crippen LogP contribution in [0.25, 0.3) is 0 Å². The molecule has 2 unspecified atom stereocenters. The van der Waals surface area contributed by atoms with E-state index in [9.17, 15) is 15.3 Å². The Morgan fingerprint density at radius 1 is 1.44 bits per heavy atom. The molecule has 0 fully saturated rings. The Bertz CT molecular complexity index is 372. The molecule has 0 amide bonds. The van der Waals surface area contributed by atoms with Gasteiger partial charge in [-0.15, -0.1) is 11.6 Å². The van der Waals surface area contributed by atoms with Crippen molar-refractivity contribution in [3.8, 4) is 11.5 Å². The monoisotopic (exact) mass is 310 g/mol. The number of benzene rings is 1. The number of ether oxygens (including phenoxy) is 1. The van der Waals surface area contributed by atoms with Gasteiger partial charge in [0.15, 0.2) is 11.5 Å². The van der Waals surface area contributed by atoms with Crippen LogP contribution in [-0.2, 0) is 0 Å². The molecule has 0 aliphatic carbocycles. The third-order valence-electron chi connectivity index (χ3n) is 2.13. The highest BCUT2D eigenvalue weighted by Gasteiger charge is 2.23. The molecule has 0 aliphatic heterocycles. The zero-order chi connectivity index (χ0) is 12.3. The SMILES string of the molecule is COc1cc(Br)cc(C(O)C(O)CCl)c1O. The molecule has 0 spiro atoms. The fourth-order valence-corrected chi connectivity index (χ4v) is 1.89. The molecule has 0 radical (unpaired) electrons. The molecule has 1 aromatic rings. The molecule has 0 bridgehead atoms. The number of methoxy groups -OCH3 is 1. The van der Waals surface area contributed by atoms with Gasteiger partial charge >= 0.3 is 0 Å². The molecular weight excluding hydrogens is 299 g/mol. The Hall–Kier alpha value is -0.490. The Kier molecular flexibility index (Phi) is 4.86. The molecule has 0 aromatic heterocycles. The van der Waals surface area contributed by atoms with Gasteiger partial charge in [0.05, 0.1) is 19.1 Å². The number of hydrogen-bond acceptors (Lipinski definition) is 4. The van der Waals surface area contributed by atoms with Crippen LogP contribution < -0.4 is 4.74 Å². The Morgan fingerprint density at radius 2 is 2.06 bits per heavy atom. The first kappa shape index (κ1) is 13.6. The molecule has 0 heterocycles. The van der Waals surface area contributed by atoms with Gasteiger partial charge in [-0.2, -0.15) is 0 Å². The van der Waals surface area contributed by atoms with Gasteiger partial charge in [0.1, 0.15) is 6.10 Å². The van der Waals surface area contributed by atoms with Gasteiger partial charge in [-0.05, 0) is 12.1 Å². The van der Waals surface area contributed by atoms with E-state index in [-0.39, 0.29) is 22.9 Å². The van der Waals surface area contributed by atoms with Crippen LogP contribution in [0.3, 0.4) is 0 Å². The van der Waals surface area contributed by atoms with E-state index in [1.807, 2.05) is 0 Å². The first-order chi connectivity index (χ1) is 7.51. The molecule has 6 heteroatoms. The van der Waals surface area contributed by atoms with Gasteiger partial charge in [0.2, 0.25) is 0 Å². The summed E-state index contributed by atoms with van der Waals surface area (Å²) < 4.78 is 5.55. The summed E-state index contributed by atoms with van der Waals surface area (Å²) in [7, 11) is 1.40. The van der Waals surface area contributed by atoms with Crippen molar-refractivity contribution in [1.82, 2.24) is 0 Å². The van der Waals surface area contributed by atoms with Crippen LogP contribution in [0.4, 0.5) is 0 Å². The molecule has 1 aromatic carbocycles. The van der Waals surface area contributed by atoms with Crippen LogP contribution in [0, 0.1) is 0 Å². The lowest BCUT2D eigenvalue weighted by molar-refractivity contribution is 0.0310. The van der Waals surface area contributed by atoms with Crippen LogP contribution in [-0.4, -0.2) is 34.4 Å². The van der Waals surface area contributed by atoms with E-state index in [0.717, 1.165) is 0 Å². The summed E-state index contributed by atoms with van der Waals surface area (Å²) in [5.74, 6) is -0.123. The van der Waals surface area contributed by atoms with Crippen LogP contribution >= 0.6 is 27.5 Å². The van der Waals surface area contributed by atoms with E-state index < -0.39 is 12.2 Å². The minimum atomic E-state index is -1.26. The fraction of sp³-hybridized carbons (Fsp3) is 0.400. The normalized spacial score (nSPS) is 14.6. The van der Waals surface area contributed by atoms with Crippen molar-refractivity contribution in [3.05, 3.63) is 22.2 Å². The molecular formula is C10H12BrClO4. The first-order valence-corrected chi connectivity index (χ1v) is 5.82. The van der Waals surface area contributed by atoms with E-state index in [2.05, 4.69) is 15.9 Å². The average molecular weight is 312 g/mol. The number of rotatable bonds is 4. The maximum Gasteiger partial charge on any atom is 0.163 e. The number of aliphatic hydroxyl groups excluding tert-OH is 2. The minimum absolute atomic E-state index is 0.130. The van der Waals surface area contributed by atoms with Crippen molar-refractivity contribution in [2.24, 2.45) is 0 Å². The van der Waals surface area contributed by atoms with Crippen molar-refractivity contribution >= 4 is 27.5 Å². The third kappa shape index (κ3) is 2.79. The summed E-state index contributed by atoms with van der Waals surface area (Å²) in [6, 6.07) is 3.05. The van der Waals surface area contributed by atoms with Crippen LogP contribution in [0.5, 0.6) is 11.5 Å². The summed E-state index contributed by atoms with van der Waals surface area (Å²) in [4.78, 5) is 0. The number of phenols is 1. The number of phenolic OH excluding ortho intramolecular Hbond substituents is 1. The zero-order valence-corrected chi connectivity index (χ0v) is 10.9. The van der Waals surface area contributed by atoms with Crippen molar-refractivity contribution in [1.29, 1.82) is 0 Å². The van der Waals surface area contributed by atoms with E-state index in [1.165, 1.54) is 13.2 Å². The molecule has 1 rings (SSSR count). The standard InChI is InChI=1S/C10H12BrClO4/c1-16-8-3-5(11)2-6(10(8)15)9(14)7(13)4-12/h2-3,7,9,13-15H,4H2,1H3. The fourth-order valence-electron chi connectivity index (χ4n) is 1.27. The summed E-state index contributed by atoms with van der Waals surface area (Å²) in [5.41, 5.74) is 0.166. The molecule has 2 atom stereocenters. The highest BCUT2D eigenvalue weighted by Crippen LogP contribution is 2.37. The Labute approximate surface area is 107 Å². The highest BCUT2D eigenvalue weighted by atomic mass is 79.9. The van der Waals surface area contributed by atoms with Crippen molar-refractivity contribution in [3.63, 3.8) is 0 Å². The second kappa shape index (κ2) is 5.72. The van der Waals surface area contributed by atoms with Gasteiger partial charge in [-0.3, -0.25) is 0 Å². The lowest BCUT2D eigenvalue weighted by Gasteiger charge is -2.18. The second-order valence-electron chi connectivity index (χ2n) is 3.21. The predicted octanol–water partition coefficient (Wildman–Crippen LogP) is 1.80. The van der Waals surface area contributed by atoms with Gasteiger partial charge in [-0.1, -0.05) is 15.9 Å². The topological polar surface area (TPSA) is 69.9 Å². The maximum atomic E-state index is 9.77. The number of hydrogen-bond donors (Lipinski definition) is 3. The van der Waals surface area contributed by atoms with Crippen LogP contribution in [0.1, 0.15) is 11.7 Å². The molecule has 0 aliphatic rings. The van der Waals surface area contributed by atoms with Gasteiger partial charge in [0.25, 0.3) is 0 Å². The predicted molar refractivity (Wildman–Crippen MR) is 64.0 cm³/mol. The van der Waals surface area contributed by atoms with E-state index in [4.69, 9.17) is 16.3 Å². The van der Waals surface area contributed by atoms with Gasteiger partial charge < -0.3 is 20.1 Å². The quantitative estimate of drug-likeness (QED) is 0.742. The van der Waals surface area contributed by atoms with Crippen molar-refractivity contribution < 1.29 is 20.1 Å². The van der Waals surface area contributed by atoms with E-state index in [1.54, 1.807) is 6.07 Å². The summed E-state index contributed by atoms with van der Waals surface area (Å²) in [5, 5.41) is 28.9. The molecule has 90 valence electrons. The zero-order valence-electron chi connectivity index (χ0n) is 8.52. The number of alkyl halides is 1. The Balaban J connectivity index is 3.17. The number of aliphatic hydroxyl groups is 2. The summed E-state index contributed by atoms with van der Waals surface area (Å²) in [6.07, 6.45) is -2.41. The van der Waals surface area contributed by atoms with Crippen molar-refractivity contribution in [2.45, 2.75) is 12.2 Å². The average Bonchev–Trinajstić information content (AvgIpc) is 2.29. The lowest BCUT2D eigenvalue weighted by Crippen LogP contribution is -2.19. The van der Waals surface area contributed by atoms with Crippen molar-refractivity contribution in [2.75, 3.05) is 13.0 Å². The van der Waals surface area contributed by atoms with Crippen LogP contribution in [0.15, 0.2) is 16.6 Å². The Morgan fingerprint density at radius 3 is 2.56 bits per heavy atom.